The van der Waals surface area contributed by atoms with Gasteiger partial charge in [-0.1, -0.05) is 0 Å². The fraction of sp³-hybridized carbons (Fsp3) is 0.667. The predicted molar refractivity (Wildman–Crippen MR) is 91.2 cm³/mol. The summed E-state index contributed by atoms with van der Waals surface area (Å²) < 4.78 is 10.9. The van der Waals surface area contributed by atoms with E-state index >= 15 is 0 Å². The average molecular weight is 333 g/mol. The second-order valence-electron chi connectivity index (χ2n) is 6.98. The standard InChI is InChI=1S/C18H27N3O3/c1-12(2)24-18(22)21-5-3-13-8-17(13)14-7-16(10-19-9-14)23-11-15-4-6-20-15/h7,9-10,12-13,15,17,20H,3-6,8,11H2,1-2H3,(H,21,22)/t13-,15-,17-/m0/s1. The number of hydrogen-bond donors (Lipinski definition) is 2. The fourth-order valence-electron chi connectivity index (χ4n) is 3.00. The van der Waals surface area contributed by atoms with E-state index in [0.717, 1.165) is 25.1 Å². The van der Waals surface area contributed by atoms with Gasteiger partial charge in [0.2, 0.25) is 0 Å². The lowest BCUT2D eigenvalue weighted by atomic mass is 10.1. The Hall–Kier alpha value is -1.82. The second-order valence-corrected chi connectivity index (χ2v) is 6.98. The Morgan fingerprint density at radius 3 is 3.00 bits per heavy atom. The van der Waals surface area contributed by atoms with E-state index < -0.39 is 0 Å². The van der Waals surface area contributed by atoms with Gasteiger partial charge in [-0.05, 0) is 63.1 Å². The van der Waals surface area contributed by atoms with Crippen molar-refractivity contribution in [3.63, 3.8) is 0 Å². The van der Waals surface area contributed by atoms with Gasteiger partial charge in [-0.2, -0.15) is 0 Å². The summed E-state index contributed by atoms with van der Waals surface area (Å²) in [5, 5.41) is 6.13. The molecule has 0 radical (unpaired) electrons. The van der Waals surface area contributed by atoms with E-state index in [1.165, 1.54) is 12.0 Å². The second kappa shape index (κ2) is 7.83. The van der Waals surface area contributed by atoms with Crippen LogP contribution in [0.25, 0.3) is 0 Å². The van der Waals surface area contributed by atoms with Crippen LogP contribution in [0.2, 0.25) is 0 Å². The number of rotatable bonds is 8. The zero-order valence-electron chi connectivity index (χ0n) is 14.5. The molecule has 2 heterocycles. The van der Waals surface area contributed by atoms with Crippen molar-refractivity contribution in [2.45, 2.75) is 51.2 Å². The number of carbonyl (C=O) groups is 1. The molecule has 2 N–H and O–H groups in total. The molecule has 0 spiro atoms. The van der Waals surface area contributed by atoms with Crippen LogP contribution in [-0.4, -0.2) is 42.9 Å². The zero-order valence-corrected chi connectivity index (χ0v) is 14.5. The Labute approximate surface area is 143 Å². The largest absolute Gasteiger partial charge is 0.490 e. The molecule has 3 rings (SSSR count). The highest BCUT2D eigenvalue weighted by molar-refractivity contribution is 5.67. The number of alkyl carbamates (subject to hydrolysis) is 1. The summed E-state index contributed by atoms with van der Waals surface area (Å²) in [6, 6.07) is 2.59. The highest BCUT2D eigenvalue weighted by atomic mass is 16.6. The van der Waals surface area contributed by atoms with E-state index in [4.69, 9.17) is 9.47 Å². The maximum Gasteiger partial charge on any atom is 0.407 e. The van der Waals surface area contributed by atoms with E-state index in [1.807, 2.05) is 20.0 Å². The number of aromatic nitrogens is 1. The van der Waals surface area contributed by atoms with E-state index in [1.54, 1.807) is 6.20 Å². The average Bonchev–Trinajstić information content (AvgIpc) is 3.25. The lowest BCUT2D eigenvalue weighted by Gasteiger charge is -2.27. The van der Waals surface area contributed by atoms with Crippen molar-refractivity contribution in [1.29, 1.82) is 0 Å². The van der Waals surface area contributed by atoms with Gasteiger partial charge in [-0.15, -0.1) is 0 Å². The molecule has 6 heteroatoms. The van der Waals surface area contributed by atoms with Gasteiger partial charge in [0.05, 0.1) is 12.3 Å². The quantitative estimate of drug-likeness (QED) is 0.764. The van der Waals surface area contributed by atoms with Gasteiger partial charge < -0.3 is 20.1 Å². The highest BCUT2D eigenvalue weighted by Crippen LogP contribution is 2.49. The lowest BCUT2D eigenvalue weighted by Crippen LogP contribution is -2.46. The smallest absolute Gasteiger partial charge is 0.407 e. The number of hydrogen-bond acceptors (Lipinski definition) is 5. The van der Waals surface area contributed by atoms with Gasteiger partial charge in [0.1, 0.15) is 12.4 Å². The maximum atomic E-state index is 11.4. The molecule has 3 atom stereocenters. The monoisotopic (exact) mass is 333 g/mol. The van der Waals surface area contributed by atoms with Crippen molar-refractivity contribution in [2.75, 3.05) is 19.7 Å². The molecule has 2 fully saturated rings. The zero-order chi connectivity index (χ0) is 16.9. The molecule has 24 heavy (non-hydrogen) atoms. The third kappa shape index (κ3) is 4.84. The number of pyridine rings is 1. The van der Waals surface area contributed by atoms with Gasteiger partial charge in [-0.3, -0.25) is 4.98 Å². The molecular formula is C18H27N3O3. The Bertz CT molecular complexity index is 560. The van der Waals surface area contributed by atoms with Crippen LogP contribution in [0.5, 0.6) is 5.75 Å². The maximum absolute atomic E-state index is 11.4. The summed E-state index contributed by atoms with van der Waals surface area (Å²) in [7, 11) is 0. The Morgan fingerprint density at radius 1 is 1.46 bits per heavy atom. The minimum atomic E-state index is -0.330. The van der Waals surface area contributed by atoms with Gasteiger partial charge in [0.25, 0.3) is 0 Å². The molecule has 6 nitrogen and oxygen atoms in total. The van der Waals surface area contributed by atoms with E-state index in [0.29, 0.717) is 31.0 Å². The minimum absolute atomic E-state index is 0.0809. The highest BCUT2D eigenvalue weighted by Gasteiger charge is 2.38. The molecule has 1 aliphatic carbocycles. The van der Waals surface area contributed by atoms with Crippen LogP contribution in [0.3, 0.4) is 0 Å². The molecule has 1 amide bonds. The van der Waals surface area contributed by atoms with Crippen LogP contribution < -0.4 is 15.4 Å². The van der Waals surface area contributed by atoms with Gasteiger partial charge in [0.15, 0.2) is 0 Å². The van der Waals surface area contributed by atoms with Crippen LogP contribution in [0.15, 0.2) is 18.5 Å². The molecule has 1 aliphatic heterocycles. The summed E-state index contributed by atoms with van der Waals surface area (Å²) >= 11 is 0. The van der Waals surface area contributed by atoms with E-state index in [2.05, 4.69) is 21.7 Å². The first kappa shape index (κ1) is 17.0. The Kier molecular flexibility index (Phi) is 5.56. The molecule has 0 unspecified atom stereocenters. The van der Waals surface area contributed by atoms with Crippen molar-refractivity contribution < 1.29 is 14.3 Å². The first-order valence-corrected chi connectivity index (χ1v) is 8.87. The molecule has 1 saturated heterocycles. The van der Waals surface area contributed by atoms with E-state index in [-0.39, 0.29) is 12.2 Å². The number of amides is 1. The number of nitrogens with zero attached hydrogens (tertiary/aromatic N) is 1. The molecule has 0 bridgehead atoms. The summed E-state index contributed by atoms with van der Waals surface area (Å²) in [4.78, 5) is 15.8. The molecule has 1 saturated carbocycles. The van der Waals surface area contributed by atoms with Crippen molar-refractivity contribution in [3.8, 4) is 5.75 Å². The molecular weight excluding hydrogens is 306 g/mol. The van der Waals surface area contributed by atoms with Gasteiger partial charge >= 0.3 is 6.09 Å². The third-order valence-electron chi connectivity index (χ3n) is 4.59. The van der Waals surface area contributed by atoms with Crippen molar-refractivity contribution in [2.24, 2.45) is 5.92 Å². The molecule has 1 aromatic rings. The van der Waals surface area contributed by atoms with Crippen molar-refractivity contribution in [1.82, 2.24) is 15.6 Å². The van der Waals surface area contributed by atoms with Crippen LogP contribution >= 0.6 is 0 Å². The van der Waals surface area contributed by atoms with E-state index in [9.17, 15) is 4.79 Å². The Balaban J connectivity index is 1.39. The summed E-state index contributed by atoms with van der Waals surface area (Å²) in [6.07, 6.45) is 6.60. The molecule has 132 valence electrons. The number of nitrogens with one attached hydrogen (secondary N) is 2. The van der Waals surface area contributed by atoms with Gasteiger partial charge in [-0.25, -0.2) is 4.79 Å². The summed E-state index contributed by atoms with van der Waals surface area (Å²) in [6.45, 7) is 6.15. The first-order valence-electron chi connectivity index (χ1n) is 8.87. The van der Waals surface area contributed by atoms with Crippen molar-refractivity contribution >= 4 is 6.09 Å². The SMILES string of the molecule is CC(C)OC(=O)NCC[C@H]1C[C@@H]1c1cncc(OC[C@@H]2CCN2)c1. The summed E-state index contributed by atoms with van der Waals surface area (Å²) in [5.74, 6) is 1.99. The first-order chi connectivity index (χ1) is 11.6. The fourth-order valence-corrected chi connectivity index (χ4v) is 3.00. The topological polar surface area (TPSA) is 72.5 Å². The molecule has 1 aromatic heterocycles. The van der Waals surface area contributed by atoms with Crippen molar-refractivity contribution in [3.05, 3.63) is 24.0 Å². The predicted octanol–water partition coefficient (Wildman–Crippen LogP) is 2.45. The van der Waals surface area contributed by atoms with Gasteiger partial charge in [0, 0.05) is 18.8 Å². The molecule has 0 aromatic carbocycles. The summed E-state index contributed by atoms with van der Waals surface area (Å²) in [5.41, 5.74) is 1.24. The number of carbonyl (C=O) groups excluding carboxylic acids is 1. The van der Waals surface area contributed by atoms with Crippen LogP contribution in [0, 0.1) is 5.92 Å². The number of ether oxygens (including phenoxy) is 2. The molecule has 2 aliphatic rings. The van der Waals surface area contributed by atoms with Crippen LogP contribution in [-0.2, 0) is 4.74 Å². The lowest BCUT2D eigenvalue weighted by molar-refractivity contribution is 0.115. The van der Waals surface area contributed by atoms with Crippen LogP contribution in [0.4, 0.5) is 4.79 Å². The minimum Gasteiger partial charge on any atom is -0.490 e. The normalized spacial score (nSPS) is 25.0. The third-order valence-corrected chi connectivity index (χ3v) is 4.59. The Morgan fingerprint density at radius 2 is 2.29 bits per heavy atom. The van der Waals surface area contributed by atoms with Crippen LogP contribution in [0.1, 0.15) is 44.6 Å².